The zero-order valence-corrected chi connectivity index (χ0v) is 9.36. The van der Waals surface area contributed by atoms with E-state index in [0.717, 1.165) is 17.1 Å². The molecule has 5 nitrogen and oxygen atoms in total. The molecule has 1 aliphatic heterocycles. The van der Waals surface area contributed by atoms with Crippen molar-refractivity contribution in [2.24, 2.45) is 0 Å². The van der Waals surface area contributed by atoms with Crippen molar-refractivity contribution < 1.29 is 14.3 Å². The van der Waals surface area contributed by atoms with Crippen molar-refractivity contribution in [2.75, 3.05) is 13.3 Å². The number of urea groups is 1. The lowest BCUT2D eigenvalue weighted by Crippen LogP contribution is -2.34. The Balaban J connectivity index is 1.87. The van der Waals surface area contributed by atoms with Gasteiger partial charge in [-0.3, -0.25) is 0 Å². The molecule has 0 unspecified atom stereocenters. The van der Waals surface area contributed by atoms with E-state index in [2.05, 4.69) is 17.2 Å². The predicted octanol–water partition coefficient (Wildman–Crippen LogP) is 1.40. The molecule has 90 valence electrons. The second-order valence-corrected chi connectivity index (χ2v) is 3.54. The van der Waals surface area contributed by atoms with Crippen LogP contribution in [0.1, 0.15) is 5.56 Å². The molecule has 1 aliphatic rings. The Hall–Kier alpha value is -2.17. The molecule has 2 N–H and O–H groups in total. The lowest BCUT2D eigenvalue weighted by atomic mass is 10.2. The lowest BCUT2D eigenvalue weighted by Gasteiger charge is -2.06. The summed E-state index contributed by atoms with van der Waals surface area (Å²) in [5, 5.41) is 5.36. The molecule has 0 saturated carbocycles. The summed E-state index contributed by atoms with van der Waals surface area (Å²) in [7, 11) is 0. The molecule has 1 aromatic rings. The molecule has 0 atom stereocenters. The van der Waals surface area contributed by atoms with Crippen LogP contribution in [0.3, 0.4) is 0 Å². The second kappa shape index (κ2) is 5.25. The maximum absolute atomic E-state index is 11.3. The van der Waals surface area contributed by atoms with Gasteiger partial charge in [-0.15, -0.1) is 6.58 Å². The summed E-state index contributed by atoms with van der Waals surface area (Å²) < 4.78 is 10.4. The fraction of sp³-hybridized carbons (Fsp3) is 0.250. The van der Waals surface area contributed by atoms with Crippen LogP contribution in [0, 0.1) is 0 Å². The summed E-state index contributed by atoms with van der Waals surface area (Å²) in [6.07, 6.45) is 1.63. The number of fused-ring (bicyclic) bond motifs is 1. The van der Waals surface area contributed by atoms with Gasteiger partial charge < -0.3 is 20.1 Å². The fourth-order valence-electron chi connectivity index (χ4n) is 1.46. The van der Waals surface area contributed by atoms with Crippen molar-refractivity contribution in [3.63, 3.8) is 0 Å². The van der Waals surface area contributed by atoms with E-state index in [4.69, 9.17) is 9.47 Å². The molecular weight excluding hydrogens is 220 g/mol. The largest absolute Gasteiger partial charge is 0.454 e. The Bertz CT molecular complexity index is 432. The monoisotopic (exact) mass is 234 g/mol. The molecular formula is C12H14N2O3. The molecule has 2 amide bonds. The van der Waals surface area contributed by atoms with Crippen LogP contribution < -0.4 is 20.1 Å². The fourth-order valence-corrected chi connectivity index (χ4v) is 1.46. The normalized spacial score (nSPS) is 12.0. The predicted molar refractivity (Wildman–Crippen MR) is 63.0 cm³/mol. The number of hydrogen-bond donors (Lipinski definition) is 2. The number of carbonyl (C=O) groups is 1. The maximum atomic E-state index is 11.3. The van der Waals surface area contributed by atoms with Crippen molar-refractivity contribution in [1.82, 2.24) is 10.6 Å². The number of rotatable bonds is 4. The summed E-state index contributed by atoms with van der Waals surface area (Å²) in [5.41, 5.74) is 0.961. The van der Waals surface area contributed by atoms with E-state index < -0.39 is 0 Å². The minimum Gasteiger partial charge on any atom is -0.454 e. The highest BCUT2D eigenvalue weighted by molar-refractivity contribution is 5.73. The third-order valence-electron chi connectivity index (χ3n) is 2.30. The highest BCUT2D eigenvalue weighted by Gasteiger charge is 2.13. The van der Waals surface area contributed by atoms with E-state index in [1.807, 2.05) is 18.2 Å². The molecule has 0 aromatic heterocycles. The summed E-state index contributed by atoms with van der Waals surface area (Å²) in [6, 6.07) is 5.36. The minimum absolute atomic E-state index is 0.220. The molecule has 5 heteroatoms. The first-order valence-electron chi connectivity index (χ1n) is 5.30. The van der Waals surface area contributed by atoms with Crippen molar-refractivity contribution >= 4 is 6.03 Å². The average molecular weight is 234 g/mol. The van der Waals surface area contributed by atoms with Gasteiger partial charge in [-0.1, -0.05) is 12.1 Å². The smallest absolute Gasteiger partial charge is 0.315 e. The minimum atomic E-state index is -0.220. The summed E-state index contributed by atoms with van der Waals surface area (Å²) in [5.74, 6) is 1.46. The van der Waals surface area contributed by atoms with Gasteiger partial charge in [0.2, 0.25) is 6.79 Å². The van der Waals surface area contributed by atoms with E-state index in [1.54, 1.807) is 6.08 Å². The molecule has 1 heterocycles. The quantitative estimate of drug-likeness (QED) is 0.774. The van der Waals surface area contributed by atoms with Crippen LogP contribution in [0.25, 0.3) is 0 Å². The number of ether oxygens (including phenoxy) is 2. The molecule has 0 bridgehead atoms. The van der Waals surface area contributed by atoms with Crippen molar-refractivity contribution in [3.8, 4) is 11.5 Å². The summed E-state index contributed by atoms with van der Waals surface area (Å²) in [6.45, 7) is 4.67. The zero-order valence-electron chi connectivity index (χ0n) is 9.36. The number of amides is 2. The van der Waals surface area contributed by atoms with Crippen LogP contribution in [0.4, 0.5) is 4.79 Å². The van der Waals surface area contributed by atoms with Gasteiger partial charge >= 0.3 is 6.03 Å². The Labute approximate surface area is 99.4 Å². The third-order valence-corrected chi connectivity index (χ3v) is 2.30. The second-order valence-electron chi connectivity index (χ2n) is 3.54. The van der Waals surface area contributed by atoms with Crippen LogP contribution in [-0.2, 0) is 6.54 Å². The molecule has 0 saturated heterocycles. The molecule has 0 fully saturated rings. The van der Waals surface area contributed by atoms with Crippen LogP contribution in [-0.4, -0.2) is 19.4 Å². The Kier molecular flexibility index (Phi) is 3.49. The number of nitrogens with one attached hydrogen (secondary N) is 2. The van der Waals surface area contributed by atoms with Crippen LogP contribution in [0.5, 0.6) is 11.5 Å². The number of carbonyl (C=O) groups excluding carboxylic acids is 1. The van der Waals surface area contributed by atoms with Gasteiger partial charge in [0.1, 0.15) is 0 Å². The standard InChI is InChI=1S/C12H14N2O3/c1-2-5-13-12(15)14-7-9-3-4-10-11(6-9)17-8-16-10/h2-4,6H,1,5,7-8H2,(H2,13,14,15). The lowest BCUT2D eigenvalue weighted by molar-refractivity contribution is 0.174. The van der Waals surface area contributed by atoms with E-state index in [0.29, 0.717) is 13.1 Å². The van der Waals surface area contributed by atoms with Gasteiger partial charge in [0.05, 0.1) is 0 Å². The van der Waals surface area contributed by atoms with Gasteiger partial charge in [0, 0.05) is 13.1 Å². The molecule has 0 radical (unpaired) electrons. The highest BCUT2D eigenvalue weighted by atomic mass is 16.7. The number of hydrogen-bond acceptors (Lipinski definition) is 3. The average Bonchev–Trinajstić information content (AvgIpc) is 2.81. The number of benzene rings is 1. The van der Waals surface area contributed by atoms with E-state index in [1.165, 1.54) is 0 Å². The Morgan fingerprint density at radius 2 is 2.18 bits per heavy atom. The SMILES string of the molecule is C=CCNC(=O)NCc1ccc2c(c1)OCO2. The van der Waals surface area contributed by atoms with Crippen LogP contribution in [0.2, 0.25) is 0 Å². The van der Waals surface area contributed by atoms with Crippen molar-refractivity contribution in [1.29, 1.82) is 0 Å². The first-order chi connectivity index (χ1) is 8.29. The van der Waals surface area contributed by atoms with Crippen molar-refractivity contribution in [3.05, 3.63) is 36.4 Å². The van der Waals surface area contributed by atoms with E-state index in [9.17, 15) is 4.79 Å². The van der Waals surface area contributed by atoms with Crippen molar-refractivity contribution in [2.45, 2.75) is 6.54 Å². The van der Waals surface area contributed by atoms with Crippen LogP contribution >= 0.6 is 0 Å². The molecule has 0 aliphatic carbocycles. The molecule has 0 spiro atoms. The Morgan fingerprint density at radius 3 is 3.00 bits per heavy atom. The third kappa shape index (κ3) is 2.90. The van der Waals surface area contributed by atoms with Gasteiger partial charge in [0.25, 0.3) is 0 Å². The Morgan fingerprint density at radius 1 is 1.35 bits per heavy atom. The van der Waals surface area contributed by atoms with Gasteiger partial charge in [-0.05, 0) is 17.7 Å². The van der Waals surface area contributed by atoms with Crippen LogP contribution in [0.15, 0.2) is 30.9 Å². The first-order valence-corrected chi connectivity index (χ1v) is 5.30. The maximum Gasteiger partial charge on any atom is 0.315 e. The van der Waals surface area contributed by atoms with Gasteiger partial charge in [-0.2, -0.15) is 0 Å². The van der Waals surface area contributed by atoms with E-state index in [-0.39, 0.29) is 12.8 Å². The van der Waals surface area contributed by atoms with Gasteiger partial charge in [0.15, 0.2) is 11.5 Å². The molecule has 17 heavy (non-hydrogen) atoms. The van der Waals surface area contributed by atoms with Gasteiger partial charge in [-0.25, -0.2) is 4.79 Å². The first kappa shape index (κ1) is 11.3. The summed E-state index contributed by atoms with van der Waals surface area (Å²) in [4.78, 5) is 11.3. The zero-order chi connectivity index (χ0) is 12.1. The highest BCUT2D eigenvalue weighted by Crippen LogP contribution is 2.32. The summed E-state index contributed by atoms with van der Waals surface area (Å²) >= 11 is 0. The van der Waals surface area contributed by atoms with E-state index >= 15 is 0 Å². The topological polar surface area (TPSA) is 59.6 Å². The molecule has 2 rings (SSSR count). The molecule has 1 aromatic carbocycles.